The predicted octanol–water partition coefficient (Wildman–Crippen LogP) is 1.79. The van der Waals surface area contributed by atoms with E-state index in [1.165, 1.54) is 13.0 Å². The Bertz CT molecular complexity index is 1750. The highest BCUT2D eigenvalue weighted by Crippen LogP contribution is 2.40. The van der Waals surface area contributed by atoms with Gasteiger partial charge in [0.25, 0.3) is 5.56 Å². The normalized spacial score (nSPS) is 18.1. The third-order valence-electron chi connectivity index (χ3n) is 8.57. The number of aryl methyl sites for hydroxylation is 2. The van der Waals surface area contributed by atoms with Gasteiger partial charge in [-0.3, -0.25) is 14.4 Å². The largest absolute Gasteiger partial charge is 0.458 e. The smallest absolute Gasteiger partial charge is 0.343 e. The van der Waals surface area contributed by atoms with Crippen LogP contribution in [0.3, 0.4) is 0 Å². The Balaban J connectivity index is 1.34. The maximum Gasteiger partial charge on any atom is 0.343 e. The molecule has 0 unspecified atom stereocenters. The maximum atomic E-state index is 14.7. The van der Waals surface area contributed by atoms with E-state index in [2.05, 4.69) is 10.6 Å². The fraction of sp³-hybridized carbons (Fsp3) is 0.469. The number of fused-ring (bicyclic) bond motifs is 5. The van der Waals surface area contributed by atoms with Crippen molar-refractivity contribution in [3.8, 4) is 11.4 Å². The Kier molecular flexibility index (Phi) is 9.06. The number of carbonyl (C=O) groups is 3. The van der Waals surface area contributed by atoms with E-state index in [4.69, 9.17) is 20.2 Å². The van der Waals surface area contributed by atoms with Crippen molar-refractivity contribution in [2.45, 2.75) is 84.2 Å². The number of nitrogens with one attached hydrogen (secondary N) is 2. The standard InChI is InChI=1S/C32H38FN5O7/c1-5-32(43)23-11-26-27-21(13-38(26)30(41)22(23)14-45-31(32)42)19(20-10-16(2)24(33)12-25(20)37-27)8-6-7-9-44-15-35-29(40)18(4)36-28(39)17(3)34/h10-12,17-18,43H,5-9,13-15,34H2,1-4H3,(H,35,40)(H,36,39)/t17-,18-,32-/m0/s1. The number of unbranched alkanes of at least 4 members (excludes halogenated alkanes) is 1. The van der Waals surface area contributed by atoms with Crippen molar-refractivity contribution < 1.29 is 33.4 Å². The molecule has 5 rings (SSSR count). The lowest BCUT2D eigenvalue weighted by Crippen LogP contribution is -2.49. The molecule has 2 aliphatic rings. The summed E-state index contributed by atoms with van der Waals surface area (Å²) in [4.78, 5) is 54.8. The molecule has 45 heavy (non-hydrogen) atoms. The Hall–Kier alpha value is -4.20. The van der Waals surface area contributed by atoms with Gasteiger partial charge in [0, 0.05) is 29.2 Å². The molecule has 3 aromatic rings. The number of aromatic nitrogens is 2. The van der Waals surface area contributed by atoms with Gasteiger partial charge < -0.3 is 35.5 Å². The molecule has 1 aromatic carbocycles. The lowest BCUT2D eigenvalue weighted by molar-refractivity contribution is -0.172. The highest BCUT2D eigenvalue weighted by atomic mass is 19.1. The van der Waals surface area contributed by atoms with Gasteiger partial charge in [-0.15, -0.1) is 0 Å². The molecular weight excluding hydrogens is 585 g/mol. The van der Waals surface area contributed by atoms with Crippen molar-refractivity contribution in [1.82, 2.24) is 20.2 Å². The first-order valence-electron chi connectivity index (χ1n) is 15.1. The van der Waals surface area contributed by atoms with Crippen LogP contribution in [0, 0.1) is 12.7 Å². The molecule has 0 radical (unpaired) electrons. The number of esters is 1. The number of amides is 2. The van der Waals surface area contributed by atoms with Gasteiger partial charge in [0.15, 0.2) is 5.60 Å². The molecule has 4 heterocycles. The SMILES string of the molecule is CC[C@@]1(O)C(=O)OCc2c1cc1n(c2=O)Cc2c-1nc1cc(F)c(C)cc1c2CCCCOCNC(=O)[C@H](C)NC(=O)[C@H](C)N. The number of hydrogen-bond acceptors (Lipinski definition) is 9. The molecule has 0 aliphatic carbocycles. The van der Waals surface area contributed by atoms with E-state index < -0.39 is 41.3 Å². The van der Waals surface area contributed by atoms with Gasteiger partial charge in [-0.1, -0.05) is 6.92 Å². The number of nitrogens with two attached hydrogens (primary N) is 1. The Labute approximate surface area is 259 Å². The van der Waals surface area contributed by atoms with Gasteiger partial charge in [0.05, 0.1) is 35.1 Å². The van der Waals surface area contributed by atoms with Crippen LogP contribution in [0.4, 0.5) is 4.39 Å². The average Bonchev–Trinajstić information content (AvgIpc) is 3.37. The lowest BCUT2D eigenvalue weighted by Gasteiger charge is -2.31. The number of nitrogens with zero attached hydrogens (tertiary/aromatic N) is 2. The summed E-state index contributed by atoms with van der Waals surface area (Å²) in [6.45, 7) is 6.77. The second-order valence-corrected chi connectivity index (χ2v) is 11.7. The van der Waals surface area contributed by atoms with Crippen LogP contribution in [0.1, 0.15) is 67.9 Å². The molecule has 13 heteroatoms. The summed E-state index contributed by atoms with van der Waals surface area (Å²) >= 11 is 0. The van der Waals surface area contributed by atoms with E-state index in [9.17, 15) is 28.7 Å². The van der Waals surface area contributed by atoms with Crippen LogP contribution in [0.2, 0.25) is 0 Å². The quantitative estimate of drug-likeness (QED) is 0.110. The molecule has 0 saturated heterocycles. The fourth-order valence-corrected chi connectivity index (χ4v) is 5.84. The van der Waals surface area contributed by atoms with Crippen molar-refractivity contribution in [3.63, 3.8) is 0 Å². The van der Waals surface area contributed by atoms with E-state index in [0.29, 0.717) is 48.3 Å². The zero-order valence-corrected chi connectivity index (χ0v) is 25.8. The van der Waals surface area contributed by atoms with Gasteiger partial charge >= 0.3 is 5.97 Å². The van der Waals surface area contributed by atoms with Gasteiger partial charge in [0.1, 0.15) is 25.2 Å². The molecule has 2 amide bonds. The van der Waals surface area contributed by atoms with Crippen LogP contribution in [0.15, 0.2) is 23.0 Å². The van der Waals surface area contributed by atoms with E-state index in [-0.39, 0.29) is 43.0 Å². The highest BCUT2D eigenvalue weighted by molar-refractivity contribution is 5.90. The zero-order chi connectivity index (χ0) is 32.6. The molecule has 0 spiro atoms. The molecular formula is C32H38FN5O7. The first kappa shape index (κ1) is 32.2. The number of hydrogen-bond donors (Lipinski definition) is 4. The molecule has 0 saturated carbocycles. The van der Waals surface area contributed by atoms with Crippen LogP contribution < -0.4 is 21.9 Å². The van der Waals surface area contributed by atoms with Crippen LogP contribution >= 0.6 is 0 Å². The number of benzene rings is 1. The second-order valence-electron chi connectivity index (χ2n) is 11.7. The van der Waals surface area contributed by atoms with Gasteiger partial charge in [0.2, 0.25) is 11.8 Å². The van der Waals surface area contributed by atoms with Crippen LogP contribution in [-0.2, 0) is 49.0 Å². The van der Waals surface area contributed by atoms with Crippen molar-refractivity contribution in [1.29, 1.82) is 0 Å². The minimum atomic E-state index is -1.94. The number of pyridine rings is 2. The summed E-state index contributed by atoms with van der Waals surface area (Å²) in [5.41, 5.74) is 7.33. The van der Waals surface area contributed by atoms with Gasteiger partial charge in [-0.25, -0.2) is 14.2 Å². The Morgan fingerprint density at radius 1 is 1.20 bits per heavy atom. The molecule has 0 fully saturated rings. The number of cyclic esters (lactones) is 1. The lowest BCUT2D eigenvalue weighted by atomic mass is 9.86. The minimum Gasteiger partial charge on any atom is -0.458 e. The first-order chi connectivity index (χ1) is 21.4. The van der Waals surface area contributed by atoms with Crippen molar-refractivity contribution >= 4 is 28.7 Å². The van der Waals surface area contributed by atoms with Gasteiger partial charge in [-0.05, 0) is 69.7 Å². The van der Waals surface area contributed by atoms with E-state index >= 15 is 0 Å². The first-order valence-corrected chi connectivity index (χ1v) is 15.1. The van der Waals surface area contributed by atoms with Crippen molar-refractivity contribution in [2.75, 3.05) is 13.3 Å². The van der Waals surface area contributed by atoms with Crippen LogP contribution in [0.25, 0.3) is 22.3 Å². The highest BCUT2D eigenvalue weighted by Gasteiger charge is 2.45. The summed E-state index contributed by atoms with van der Waals surface area (Å²) in [5.74, 6) is -2.01. The zero-order valence-electron chi connectivity index (χ0n) is 25.8. The summed E-state index contributed by atoms with van der Waals surface area (Å²) in [6, 6.07) is 3.32. The molecule has 2 aromatic heterocycles. The second kappa shape index (κ2) is 12.7. The predicted molar refractivity (Wildman–Crippen MR) is 162 cm³/mol. The molecule has 240 valence electrons. The summed E-state index contributed by atoms with van der Waals surface area (Å²) in [6.07, 6.45) is 1.96. The van der Waals surface area contributed by atoms with Crippen molar-refractivity contribution in [3.05, 3.63) is 62.2 Å². The average molecular weight is 624 g/mol. The Morgan fingerprint density at radius 3 is 2.67 bits per heavy atom. The third kappa shape index (κ3) is 5.95. The number of ether oxygens (including phenoxy) is 2. The minimum absolute atomic E-state index is 0.0253. The topological polar surface area (TPSA) is 175 Å². The third-order valence-corrected chi connectivity index (χ3v) is 8.57. The number of aliphatic hydroxyl groups is 1. The molecule has 3 atom stereocenters. The number of halogens is 1. The van der Waals surface area contributed by atoms with E-state index in [1.54, 1.807) is 37.5 Å². The monoisotopic (exact) mass is 623 g/mol. The number of rotatable bonds is 11. The number of carbonyl (C=O) groups excluding carboxylic acids is 3. The summed E-state index contributed by atoms with van der Waals surface area (Å²) in [7, 11) is 0. The molecule has 12 nitrogen and oxygen atoms in total. The van der Waals surface area contributed by atoms with E-state index in [0.717, 1.165) is 16.5 Å². The molecule has 5 N–H and O–H groups in total. The van der Waals surface area contributed by atoms with E-state index in [1.807, 2.05) is 0 Å². The molecule has 2 aliphatic heterocycles. The summed E-state index contributed by atoms with van der Waals surface area (Å²) < 4.78 is 27.0. The van der Waals surface area contributed by atoms with Gasteiger partial charge in [-0.2, -0.15) is 0 Å². The van der Waals surface area contributed by atoms with Crippen molar-refractivity contribution in [2.24, 2.45) is 5.73 Å². The van der Waals surface area contributed by atoms with Crippen LogP contribution in [0.5, 0.6) is 0 Å². The molecule has 0 bridgehead atoms. The maximum absolute atomic E-state index is 14.7. The Morgan fingerprint density at radius 2 is 1.96 bits per heavy atom. The fourth-order valence-electron chi connectivity index (χ4n) is 5.84. The van der Waals surface area contributed by atoms with Crippen LogP contribution in [-0.4, -0.2) is 57.9 Å². The summed E-state index contributed by atoms with van der Waals surface area (Å²) in [5, 5.41) is 17.1.